The Morgan fingerprint density at radius 2 is 2.11 bits per heavy atom. The van der Waals surface area contributed by atoms with Crippen LogP contribution in [0.2, 0.25) is 0 Å². The van der Waals surface area contributed by atoms with Gasteiger partial charge >= 0.3 is 0 Å². The van der Waals surface area contributed by atoms with E-state index >= 15 is 0 Å². The highest BCUT2D eigenvalue weighted by atomic mass is 16.5. The van der Waals surface area contributed by atoms with Crippen molar-refractivity contribution >= 4 is 5.91 Å². The lowest BCUT2D eigenvalue weighted by molar-refractivity contribution is -0.126. The molecule has 3 atom stereocenters. The van der Waals surface area contributed by atoms with Crippen LogP contribution >= 0.6 is 0 Å². The smallest absolute Gasteiger partial charge is 0.227 e. The van der Waals surface area contributed by atoms with Crippen molar-refractivity contribution in [3.8, 4) is 0 Å². The first kappa shape index (κ1) is 15.4. The molecule has 0 spiro atoms. The summed E-state index contributed by atoms with van der Waals surface area (Å²) < 4.78 is 5.40. The van der Waals surface area contributed by atoms with Crippen molar-refractivity contribution in [3.05, 3.63) is 0 Å². The molecule has 4 heteroatoms. The van der Waals surface area contributed by atoms with Crippen molar-refractivity contribution in [2.75, 3.05) is 19.8 Å². The number of rotatable bonds is 8. The minimum Gasteiger partial charge on any atom is -0.379 e. The summed E-state index contributed by atoms with van der Waals surface area (Å²) in [6.07, 6.45) is 4.72. The average molecular weight is 256 g/mol. The van der Waals surface area contributed by atoms with Crippen molar-refractivity contribution in [2.45, 2.75) is 58.5 Å². The third kappa shape index (κ3) is 4.94. The number of ether oxygens (including phenoxy) is 1. The van der Waals surface area contributed by atoms with Crippen LogP contribution in [0.15, 0.2) is 0 Å². The molecule has 0 aliphatic carbocycles. The lowest BCUT2D eigenvalue weighted by Gasteiger charge is -2.20. The molecule has 0 aromatic carbocycles. The van der Waals surface area contributed by atoms with Crippen molar-refractivity contribution < 1.29 is 9.53 Å². The van der Waals surface area contributed by atoms with Gasteiger partial charge in [-0.05, 0) is 19.9 Å². The maximum atomic E-state index is 12.1. The minimum atomic E-state index is -0.0291. The van der Waals surface area contributed by atoms with Crippen LogP contribution < -0.4 is 10.6 Å². The molecule has 18 heavy (non-hydrogen) atoms. The monoisotopic (exact) mass is 256 g/mol. The van der Waals surface area contributed by atoms with Gasteiger partial charge in [-0.3, -0.25) is 4.79 Å². The zero-order valence-corrected chi connectivity index (χ0v) is 12.0. The van der Waals surface area contributed by atoms with E-state index in [1.807, 2.05) is 0 Å². The fourth-order valence-electron chi connectivity index (χ4n) is 2.40. The highest BCUT2D eigenvalue weighted by molar-refractivity contribution is 5.80. The van der Waals surface area contributed by atoms with Crippen molar-refractivity contribution in [3.63, 3.8) is 0 Å². The van der Waals surface area contributed by atoms with Gasteiger partial charge in [0.15, 0.2) is 0 Å². The van der Waals surface area contributed by atoms with Gasteiger partial charge in [0.05, 0.1) is 19.1 Å². The lowest BCUT2D eigenvalue weighted by atomic mass is 10.0. The second-order valence-electron chi connectivity index (χ2n) is 5.21. The predicted molar refractivity (Wildman–Crippen MR) is 73.5 cm³/mol. The third-order valence-corrected chi connectivity index (χ3v) is 3.51. The molecular formula is C14H28N2O2. The Morgan fingerprint density at radius 3 is 2.78 bits per heavy atom. The minimum absolute atomic E-state index is 0.0291. The molecule has 0 radical (unpaired) electrons. The van der Waals surface area contributed by atoms with E-state index in [4.69, 9.17) is 4.74 Å². The highest BCUT2D eigenvalue weighted by Crippen LogP contribution is 2.14. The molecule has 0 saturated carbocycles. The molecule has 0 aromatic rings. The van der Waals surface area contributed by atoms with Gasteiger partial charge in [0.1, 0.15) is 0 Å². The fraction of sp³-hybridized carbons (Fsp3) is 0.929. The van der Waals surface area contributed by atoms with Crippen LogP contribution in [0, 0.1) is 5.92 Å². The molecule has 1 amide bonds. The second-order valence-corrected chi connectivity index (χ2v) is 5.21. The quantitative estimate of drug-likeness (QED) is 0.650. The first-order valence-corrected chi connectivity index (χ1v) is 7.30. The van der Waals surface area contributed by atoms with Crippen LogP contribution in [-0.4, -0.2) is 37.7 Å². The summed E-state index contributed by atoms with van der Waals surface area (Å²) in [7, 11) is 0. The van der Waals surface area contributed by atoms with Crippen LogP contribution in [0.1, 0.15) is 46.5 Å². The molecule has 4 nitrogen and oxygen atoms in total. The molecule has 2 N–H and O–H groups in total. The van der Waals surface area contributed by atoms with E-state index in [2.05, 4.69) is 31.4 Å². The number of likely N-dealkylation sites (N-methyl/N-ethyl adjacent to an activating group) is 1. The van der Waals surface area contributed by atoms with E-state index in [0.29, 0.717) is 13.2 Å². The van der Waals surface area contributed by atoms with Gasteiger partial charge in [-0.1, -0.05) is 33.1 Å². The number of amides is 1. The zero-order valence-electron chi connectivity index (χ0n) is 12.0. The second kappa shape index (κ2) is 8.48. The maximum absolute atomic E-state index is 12.1. The number of hydrogen-bond donors (Lipinski definition) is 2. The number of hydrogen-bond acceptors (Lipinski definition) is 3. The molecular weight excluding hydrogens is 228 g/mol. The Balaban J connectivity index is 2.30. The maximum Gasteiger partial charge on any atom is 0.227 e. The number of carbonyl (C=O) groups is 1. The largest absolute Gasteiger partial charge is 0.379 e. The van der Waals surface area contributed by atoms with Crippen LogP contribution in [0.3, 0.4) is 0 Å². The Labute approximate surface area is 111 Å². The average Bonchev–Trinajstić information content (AvgIpc) is 2.78. The Bertz CT molecular complexity index is 246. The highest BCUT2D eigenvalue weighted by Gasteiger charge is 2.33. The van der Waals surface area contributed by atoms with Crippen LogP contribution in [0.25, 0.3) is 0 Å². The number of nitrogens with one attached hydrogen (secondary N) is 2. The van der Waals surface area contributed by atoms with Crippen LogP contribution in [0.5, 0.6) is 0 Å². The van der Waals surface area contributed by atoms with Gasteiger partial charge in [-0.15, -0.1) is 0 Å². The summed E-state index contributed by atoms with van der Waals surface area (Å²) >= 11 is 0. The summed E-state index contributed by atoms with van der Waals surface area (Å²) in [5, 5.41) is 6.43. The van der Waals surface area contributed by atoms with Crippen molar-refractivity contribution in [1.82, 2.24) is 10.6 Å². The summed E-state index contributed by atoms with van der Waals surface area (Å²) in [4.78, 5) is 12.1. The standard InChI is InChI=1S/C14H28N2O2/c1-4-6-7-8-11(3)16-14(17)12-9-18-10-13(12)15-5-2/h11-13,15H,4-10H2,1-3H3,(H,16,17). The summed E-state index contributed by atoms with van der Waals surface area (Å²) in [6.45, 7) is 8.41. The molecule has 1 rings (SSSR count). The zero-order chi connectivity index (χ0) is 13.4. The van der Waals surface area contributed by atoms with Gasteiger partial charge in [-0.25, -0.2) is 0 Å². The molecule has 1 saturated heterocycles. The van der Waals surface area contributed by atoms with Crippen LogP contribution in [-0.2, 0) is 9.53 Å². The molecule has 0 aromatic heterocycles. The van der Waals surface area contributed by atoms with E-state index < -0.39 is 0 Å². The normalized spacial score (nSPS) is 25.1. The first-order valence-electron chi connectivity index (χ1n) is 7.30. The predicted octanol–water partition coefficient (Wildman–Crippen LogP) is 1.70. The number of carbonyl (C=O) groups excluding carboxylic acids is 1. The van der Waals surface area contributed by atoms with Crippen molar-refractivity contribution in [1.29, 1.82) is 0 Å². The van der Waals surface area contributed by atoms with E-state index in [0.717, 1.165) is 13.0 Å². The van der Waals surface area contributed by atoms with E-state index in [-0.39, 0.29) is 23.9 Å². The van der Waals surface area contributed by atoms with E-state index in [1.165, 1.54) is 19.3 Å². The van der Waals surface area contributed by atoms with Gasteiger partial charge < -0.3 is 15.4 Å². The van der Waals surface area contributed by atoms with Crippen molar-refractivity contribution in [2.24, 2.45) is 5.92 Å². The van der Waals surface area contributed by atoms with Gasteiger partial charge in [-0.2, -0.15) is 0 Å². The summed E-state index contributed by atoms with van der Waals surface area (Å²) in [5.74, 6) is 0.112. The molecule has 0 bridgehead atoms. The first-order chi connectivity index (χ1) is 8.69. The van der Waals surface area contributed by atoms with Gasteiger partial charge in [0, 0.05) is 12.1 Å². The topological polar surface area (TPSA) is 50.4 Å². The van der Waals surface area contributed by atoms with Crippen LogP contribution in [0.4, 0.5) is 0 Å². The Morgan fingerprint density at radius 1 is 1.33 bits per heavy atom. The summed E-state index contributed by atoms with van der Waals surface area (Å²) in [5.41, 5.74) is 0. The third-order valence-electron chi connectivity index (χ3n) is 3.51. The van der Waals surface area contributed by atoms with E-state index in [9.17, 15) is 4.79 Å². The fourth-order valence-corrected chi connectivity index (χ4v) is 2.40. The lowest BCUT2D eigenvalue weighted by Crippen LogP contribution is -2.46. The Kier molecular flexibility index (Phi) is 7.28. The SMILES string of the molecule is CCCCCC(C)NC(=O)C1COCC1NCC. The summed E-state index contributed by atoms with van der Waals surface area (Å²) in [6, 6.07) is 0.449. The molecule has 1 fully saturated rings. The molecule has 3 unspecified atom stereocenters. The van der Waals surface area contributed by atoms with Gasteiger partial charge in [0.25, 0.3) is 0 Å². The Hall–Kier alpha value is -0.610. The molecule has 1 aliphatic heterocycles. The molecule has 1 aliphatic rings. The molecule has 106 valence electrons. The van der Waals surface area contributed by atoms with Gasteiger partial charge in [0.2, 0.25) is 5.91 Å². The number of unbranched alkanes of at least 4 members (excludes halogenated alkanes) is 2. The molecule has 1 heterocycles. The van der Waals surface area contributed by atoms with E-state index in [1.54, 1.807) is 0 Å².